The SMILES string of the molecule is CCC(C)SCC(O)CCC(C)(C)OC. The van der Waals surface area contributed by atoms with Gasteiger partial charge in [0.05, 0.1) is 11.7 Å². The standard InChI is InChI=1S/C12H26O2S/c1-6-10(2)15-9-11(13)7-8-12(3,4)14-5/h10-11,13H,6-9H2,1-5H3. The summed E-state index contributed by atoms with van der Waals surface area (Å²) >= 11 is 1.85. The molecule has 15 heavy (non-hydrogen) atoms. The lowest BCUT2D eigenvalue weighted by Crippen LogP contribution is -2.25. The van der Waals surface area contributed by atoms with Gasteiger partial charge in [-0.25, -0.2) is 0 Å². The summed E-state index contributed by atoms with van der Waals surface area (Å²) in [6.45, 7) is 8.50. The molecule has 0 amide bonds. The maximum absolute atomic E-state index is 9.78. The third kappa shape index (κ3) is 8.12. The number of rotatable bonds is 8. The Labute approximate surface area is 98.8 Å². The van der Waals surface area contributed by atoms with E-state index in [-0.39, 0.29) is 11.7 Å². The van der Waals surface area contributed by atoms with Crippen LogP contribution >= 0.6 is 11.8 Å². The van der Waals surface area contributed by atoms with E-state index in [4.69, 9.17) is 4.74 Å². The van der Waals surface area contributed by atoms with Crippen molar-refractivity contribution in [2.75, 3.05) is 12.9 Å². The molecule has 0 saturated heterocycles. The normalized spacial score (nSPS) is 16.4. The summed E-state index contributed by atoms with van der Waals surface area (Å²) in [6, 6.07) is 0. The van der Waals surface area contributed by atoms with E-state index in [1.165, 1.54) is 6.42 Å². The molecule has 2 unspecified atom stereocenters. The van der Waals surface area contributed by atoms with E-state index in [1.54, 1.807) is 7.11 Å². The molecule has 0 aliphatic heterocycles. The molecule has 0 fully saturated rings. The van der Waals surface area contributed by atoms with Crippen molar-refractivity contribution in [2.24, 2.45) is 0 Å². The fraction of sp³-hybridized carbons (Fsp3) is 1.00. The average Bonchev–Trinajstić information content (AvgIpc) is 2.23. The zero-order valence-electron chi connectivity index (χ0n) is 10.7. The fourth-order valence-corrected chi connectivity index (χ4v) is 2.05. The van der Waals surface area contributed by atoms with Crippen molar-refractivity contribution in [1.82, 2.24) is 0 Å². The van der Waals surface area contributed by atoms with Gasteiger partial charge in [0.1, 0.15) is 0 Å². The molecule has 92 valence electrons. The van der Waals surface area contributed by atoms with Gasteiger partial charge in [0, 0.05) is 18.1 Å². The van der Waals surface area contributed by atoms with E-state index < -0.39 is 0 Å². The molecule has 0 aromatic heterocycles. The quantitative estimate of drug-likeness (QED) is 0.700. The third-order valence-electron chi connectivity index (χ3n) is 2.78. The van der Waals surface area contributed by atoms with Gasteiger partial charge in [0.25, 0.3) is 0 Å². The molecule has 0 aliphatic carbocycles. The van der Waals surface area contributed by atoms with Gasteiger partial charge in [-0.15, -0.1) is 0 Å². The van der Waals surface area contributed by atoms with Crippen molar-refractivity contribution in [3.05, 3.63) is 0 Å². The second kappa shape index (κ2) is 7.53. The van der Waals surface area contributed by atoms with Gasteiger partial charge in [-0.05, 0) is 33.1 Å². The first-order chi connectivity index (χ1) is 6.91. The Balaban J connectivity index is 3.61. The molecule has 2 nitrogen and oxygen atoms in total. The van der Waals surface area contributed by atoms with Gasteiger partial charge >= 0.3 is 0 Å². The molecule has 0 radical (unpaired) electrons. The predicted octanol–water partition coefficient (Wildman–Crippen LogP) is 3.08. The summed E-state index contributed by atoms with van der Waals surface area (Å²) in [5.41, 5.74) is -0.109. The molecule has 0 aromatic carbocycles. The van der Waals surface area contributed by atoms with Crippen LogP contribution in [-0.2, 0) is 4.74 Å². The first-order valence-electron chi connectivity index (χ1n) is 5.76. The molecule has 2 atom stereocenters. The van der Waals surface area contributed by atoms with Crippen LogP contribution in [0.15, 0.2) is 0 Å². The topological polar surface area (TPSA) is 29.5 Å². The highest BCUT2D eigenvalue weighted by Crippen LogP contribution is 2.20. The van der Waals surface area contributed by atoms with Gasteiger partial charge in [-0.3, -0.25) is 0 Å². The molecule has 0 bridgehead atoms. The van der Waals surface area contributed by atoms with Crippen LogP contribution in [0.25, 0.3) is 0 Å². The van der Waals surface area contributed by atoms with Crippen LogP contribution < -0.4 is 0 Å². The Bertz CT molecular complexity index is 160. The Morgan fingerprint density at radius 2 is 2.00 bits per heavy atom. The largest absolute Gasteiger partial charge is 0.392 e. The second-order valence-electron chi connectivity index (χ2n) is 4.71. The lowest BCUT2D eigenvalue weighted by molar-refractivity contribution is 0.00494. The summed E-state index contributed by atoms with van der Waals surface area (Å²) in [5, 5.41) is 10.4. The zero-order chi connectivity index (χ0) is 11.9. The van der Waals surface area contributed by atoms with E-state index >= 15 is 0 Å². The Morgan fingerprint density at radius 1 is 1.40 bits per heavy atom. The molecular weight excluding hydrogens is 208 g/mol. The highest BCUT2D eigenvalue weighted by molar-refractivity contribution is 7.99. The van der Waals surface area contributed by atoms with Crippen LogP contribution in [0, 0.1) is 0 Å². The highest BCUT2D eigenvalue weighted by atomic mass is 32.2. The van der Waals surface area contributed by atoms with Gasteiger partial charge in [-0.2, -0.15) is 11.8 Å². The fourth-order valence-electron chi connectivity index (χ4n) is 1.09. The lowest BCUT2D eigenvalue weighted by atomic mass is 10.0. The molecule has 3 heteroatoms. The van der Waals surface area contributed by atoms with Crippen LogP contribution in [-0.4, -0.2) is 34.9 Å². The molecule has 0 aromatic rings. The Morgan fingerprint density at radius 3 is 2.47 bits per heavy atom. The Kier molecular flexibility index (Phi) is 7.66. The average molecular weight is 234 g/mol. The molecule has 1 N–H and O–H groups in total. The van der Waals surface area contributed by atoms with Crippen molar-refractivity contribution in [3.63, 3.8) is 0 Å². The summed E-state index contributed by atoms with van der Waals surface area (Å²) in [4.78, 5) is 0. The number of aliphatic hydroxyl groups is 1. The number of aliphatic hydroxyl groups excluding tert-OH is 1. The maximum Gasteiger partial charge on any atom is 0.0631 e. The molecule has 0 rings (SSSR count). The minimum absolute atomic E-state index is 0.109. The minimum Gasteiger partial charge on any atom is -0.392 e. The number of methoxy groups -OCH3 is 1. The summed E-state index contributed by atoms with van der Waals surface area (Å²) in [7, 11) is 1.72. The lowest BCUT2D eigenvalue weighted by Gasteiger charge is -2.24. The van der Waals surface area contributed by atoms with Crippen LogP contribution in [0.3, 0.4) is 0 Å². The van der Waals surface area contributed by atoms with Gasteiger partial charge in [0.2, 0.25) is 0 Å². The van der Waals surface area contributed by atoms with Gasteiger partial charge in [-0.1, -0.05) is 13.8 Å². The molecular formula is C12H26O2S. The van der Waals surface area contributed by atoms with Crippen molar-refractivity contribution < 1.29 is 9.84 Å². The first kappa shape index (κ1) is 15.3. The van der Waals surface area contributed by atoms with Crippen molar-refractivity contribution in [3.8, 4) is 0 Å². The van der Waals surface area contributed by atoms with E-state index in [2.05, 4.69) is 27.7 Å². The summed E-state index contributed by atoms with van der Waals surface area (Å²) in [5.74, 6) is 0.842. The van der Waals surface area contributed by atoms with Gasteiger partial charge in [0.15, 0.2) is 0 Å². The minimum atomic E-state index is -0.196. The van der Waals surface area contributed by atoms with Crippen molar-refractivity contribution >= 4 is 11.8 Å². The monoisotopic (exact) mass is 234 g/mol. The molecule has 0 spiro atoms. The van der Waals surface area contributed by atoms with E-state index in [9.17, 15) is 5.11 Å². The highest BCUT2D eigenvalue weighted by Gasteiger charge is 2.18. The predicted molar refractivity (Wildman–Crippen MR) is 68.5 cm³/mol. The van der Waals surface area contributed by atoms with Crippen LogP contribution in [0.2, 0.25) is 0 Å². The van der Waals surface area contributed by atoms with Crippen LogP contribution in [0.5, 0.6) is 0 Å². The number of thioether (sulfide) groups is 1. The number of hydrogen-bond acceptors (Lipinski definition) is 3. The van der Waals surface area contributed by atoms with E-state index in [0.717, 1.165) is 18.6 Å². The summed E-state index contributed by atoms with van der Waals surface area (Å²) in [6.07, 6.45) is 2.70. The van der Waals surface area contributed by atoms with Gasteiger partial charge < -0.3 is 9.84 Å². The van der Waals surface area contributed by atoms with Crippen LogP contribution in [0.4, 0.5) is 0 Å². The third-order valence-corrected chi connectivity index (χ3v) is 4.26. The molecule has 0 heterocycles. The zero-order valence-corrected chi connectivity index (χ0v) is 11.6. The number of ether oxygens (including phenoxy) is 1. The van der Waals surface area contributed by atoms with Crippen molar-refractivity contribution in [2.45, 2.75) is 63.9 Å². The molecule has 0 aliphatic rings. The Hall–Kier alpha value is 0.270. The van der Waals surface area contributed by atoms with E-state index in [0.29, 0.717) is 5.25 Å². The first-order valence-corrected chi connectivity index (χ1v) is 6.81. The van der Waals surface area contributed by atoms with Crippen LogP contribution in [0.1, 0.15) is 47.0 Å². The van der Waals surface area contributed by atoms with E-state index in [1.807, 2.05) is 11.8 Å². The molecule has 0 saturated carbocycles. The maximum atomic E-state index is 9.78. The smallest absolute Gasteiger partial charge is 0.0631 e. The number of hydrogen-bond donors (Lipinski definition) is 1. The second-order valence-corrected chi connectivity index (χ2v) is 6.18. The van der Waals surface area contributed by atoms with Crippen molar-refractivity contribution in [1.29, 1.82) is 0 Å². The summed E-state index contributed by atoms with van der Waals surface area (Å²) < 4.78 is 5.32.